The van der Waals surface area contributed by atoms with Crippen LogP contribution in [0, 0.1) is 4.77 Å². The third-order valence-corrected chi connectivity index (χ3v) is 3.37. The molecular weight excluding hydrogens is 310 g/mol. The molecule has 3 aromatic rings. The van der Waals surface area contributed by atoms with E-state index in [1.54, 1.807) is 23.3 Å². The van der Waals surface area contributed by atoms with E-state index < -0.39 is 0 Å². The zero-order valence-corrected chi connectivity index (χ0v) is 13.3. The van der Waals surface area contributed by atoms with Crippen molar-refractivity contribution in [1.29, 1.82) is 0 Å². The van der Waals surface area contributed by atoms with Gasteiger partial charge in [-0.1, -0.05) is 0 Å². The van der Waals surface area contributed by atoms with E-state index in [0.717, 1.165) is 16.9 Å². The highest BCUT2D eigenvalue weighted by molar-refractivity contribution is 7.71. The molecule has 2 aromatic heterocycles. The van der Waals surface area contributed by atoms with Crippen LogP contribution < -0.4 is 4.74 Å². The van der Waals surface area contributed by atoms with Crippen molar-refractivity contribution in [1.82, 2.24) is 19.9 Å². The second-order valence-corrected chi connectivity index (χ2v) is 5.03. The van der Waals surface area contributed by atoms with Crippen molar-refractivity contribution in [3.8, 4) is 17.1 Å². The Kier molecular flexibility index (Phi) is 4.58. The van der Waals surface area contributed by atoms with Crippen LogP contribution in [0.2, 0.25) is 0 Å². The molecule has 23 heavy (non-hydrogen) atoms. The van der Waals surface area contributed by atoms with Crippen LogP contribution in [0.1, 0.15) is 12.5 Å². The Morgan fingerprint density at radius 3 is 2.65 bits per heavy atom. The Labute approximate surface area is 138 Å². The first-order chi connectivity index (χ1) is 11.3. The number of pyridine rings is 1. The van der Waals surface area contributed by atoms with Gasteiger partial charge in [0.25, 0.3) is 0 Å². The summed E-state index contributed by atoms with van der Waals surface area (Å²) in [5.74, 6) is 1.47. The number of hydrogen-bond donors (Lipinski definition) is 1. The predicted octanol–water partition coefficient (Wildman–Crippen LogP) is 3.28. The molecule has 0 saturated carbocycles. The maximum Gasteiger partial charge on any atom is 0.216 e. The van der Waals surface area contributed by atoms with Crippen LogP contribution in [0.25, 0.3) is 11.4 Å². The topological polar surface area (TPSA) is 68.1 Å². The van der Waals surface area contributed by atoms with Gasteiger partial charge in [-0.3, -0.25) is 4.98 Å². The predicted molar refractivity (Wildman–Crippen MR) is 91.2 cm³/mol. The number of H-pyrrole nitrogens is 1. The molecule has 0 radical (unpaired) electrons. The van der Waals surface area contributed by atoms with Crippen LogP contribution in [0.4, 0.5) is 0 Å². The van der Waals surface area contributed by atoms with Gasteiger partial charge in [0, 0.05) is 18.0 Å². The Hall–Kier alpha value is -2.80. The van der Waals surface area contributed by atoms with Crippen LogP contribution in [0.3, 0.4) is 0 Å². The lowest BCUT2D eigenvalue weighted by Gasteiger charge is -2.02. The number of nitrogens with zero attached hydrogens (tertiary/aromatic N) is 4. The average Bonchev–Trinajstić information content (AvgIpc) is 2.96. The number of nitrogens with one attached hydrogen (secondary N) is 1. The first-order valence-electron chi connectivity index (χ1n) is 7.13. The van der Waals surface area contributed by atoms with Crippen molar-refractivity contribution in [2.24, 2.45) is 5.10 Å². The highest BCUT2D eigenvalue weighted by Gasteiger charge is 2.07. The Morgan fingerprint density at radius 2 is 1.96 bits per heavy atom. The smallest absolute Gasteiger partial charge is 0.216 e. The first-order valence-corrected chi connectivity index (χ1v) is 7.54. The summed E-state index contributed by atoms with van der Waals surface area (Å²) >= 11 is 5.24. The average molecular weight is 325 g/mol. The van der Waals surface area contributed by atoms with E-state index >= 15 is 0 Å². The fraction of sp³-hybridized carbons (Fsp3) is 0.125. The van der Waals surface area contributed by atoms with Gasteiger partial charge in [0.2, 0.25) is 4.77 Å². The van der Waals surface area contributed by atoms with Gasteiger partial charge in [0.15, 0.2) is 5.82 Å². The summed E-state index contributed by atoms with van der Waals surface area (Å²) in [6, 6.07) is 11.4. The summed E-state index contributed by atoms with van der Waals surface area (Å²) in [6.45, 7) is 2.60. The summed E-state index contributed by atoms with van der Waals surface area (Å²) in [5, 5.41) is 11.4. The maximum atomic E-state index is 5.42. The molecular formula is C16H15N5OS. The molecule has 1 aromatic carbocycles. The van der Waals surface area contributed by atoms with E-state index in [-0.39, 0.29) is 0 Å². The zero-order valence-electron chi connectivity index (χ0n) is 12.5. The Balaban J connectivity index is 1.88. The van der Waals surface area contributed by atoms with Gasteiger partial charge in [0.05, 0.1) is 12.8 Å². The largest absolute Gasteiger partial charge is 0.494 e. The van der Waals surface area contributed by atoms with Gasteiger partial charge in [-0.15, -0.1) is 0 Å². The number of rotatable bonds is 5. The quantitative estimate of drug-likeness (QED) is 0.577. The van der Waals surface area contributed by atoms with E-state index in [2.05, 4.69) is 20.3 Å². The molecule has 6 nitrogen and oxygen atoms in total. The van der Waals surface area contributed by atoms with Gasteiger partial charge < -0.3 is 4.74 Å². The van der Waals surface area contributed by atoms with Crippen molar-refractivity contribution < 1.29 is 4.74 Å². The van der Waals surface area contributed by atoms with E-state index in [9.17, 15) is 0 Å². The number of aromatic amines is 1. The molecule has 0 aliphatic carbocycles. The molecule has 0 spiro atoms. The van der Waals surface area contributed by atoms with Crippen molar-refractivity contribution in [3.05, 3.63) is 59.1 Å². The van der Waals surface area contributed by atoms with Crippen molar-refractivity contribution >= 4 is 18.4 Å². The van der Waals surface area contributed by atoms with Crippen molar-refractivity contribution in [2.75, 3.05) is 6.61 Å². The van der Waals surface area contributed by atoms with E-state index in [4.69, 9.17) is 17.0 Å². The van der Waals surface area contributed by atoms with E-state index in [0.29, 0.717) is 17.2 Å². The number of aromatic nitrogens is 4. The van der Waals surface area contributed by atoms with Crippen LogP contribution in [0.5, 0.6) is 5.75 Å². The highest BCUT2D eigenvalue weighted by atomic mass is 32.1. The lowest BCUT2D eigenvalue weighted by molar-refractivity contribution is 0.340. The molecule has 0 unspecified atom stereocenters. The molecule has 116 valence electrons. The minimum Gasteiger partial charge on any atom is -0.494 e. The summed E-state index contributed by atoms with van der Waals surface area (Å²) in [4.78, 5) is 4.00. The van der Waals surface area contributed by atoms with Crippen LogP contribution >= 0.6 is 12.2 Å². The fourth-order valence-corrected chi connectivity index (χ4v) is 2.21. The van der Waals surface area contributed by atoms with Crippen molar-refractivity contribution in [2.45, 2.75) is 6.92 Å². The van der Waals surface area contributed by atoms with Crippen LogP contribution in [-0.2, 0) is 0 Å². The molecule has 0 atom stereocenters. The van der Waals surface area contributed by atoms with Gasteiger partial charge in [-0.2, -0.15) is 14.9 Å². The SMILES string of the molecule is CCOc1ccc(/C=N/n2c(-c3ccncc3)n[nH]c2=S)cc1. The standard InChI is InChI=1S/C16H15N5OS/c1-2-22-14-5-3-12(4-6-14)11-18-21-15(19-20-16(21)23)13-7-9-17-10-8-13/h3-11H,2H2,1H3,(H,20,23)/b18-11+. The molecule has 7 heteroatoms. The van der Waals surface area contributed by atoms with E-state index in [1.165, 1.54) is 0 Å². The van der Waals surface area contributed by atoms with Crippen LogP contribution in [0.15, 0.2) is 53.9 Å². The molecule has 0 aliphatic heterocycles. The maximum absolute atomic E-state index is 5.42. The minimum atomic E-state index is 0.430. The third kappa shape index (κ3) is 3.51. The molecule has 0 fully saturated rings. The van der Waals surface area contributed by atoms with Gasteiger partial charge in [0.1, 0.15) is 5.75 Å². The number of ether oxygens (including phenoxy) is 1. The molecule has 0 amide bonds. The molecule has 0 bridgehead atoms. The highest BCUT2D eigenvalue weighted by Crippen LogP contribution is 2.16. The Bertz CT molecular complexity index is 852. The van der Waals surface area contributed by atoms with E-state index in [1.807, 2.05) is 43.3 Å². The van der Waals surface area contributed by atoms with Gasteiger partial charge in [-0.25, -0.2) is 5.10 Å². The van der Waals surface area contributed by atoms with Gasteiger partial charge >= 0.3 is 0 Å². The minimum absolute atomic E-state index is 0.430. The normalized spacial score (nSPS) is 11.0. The third-order valence-electron chi connectivity index (χ3n) is 3.10. The monoisotopic (exact) mass is 325 g/mol. The summed E-state index contributed by atoms with van der Waals surface area (Å²) in [6.07, 6.45) is 5.13. The molecule has 3 rings (SSSR count). The number of benzene rings is 1. The second-order valence-electron chi connectivity index (χ2n) is 4.65. The Morgan fingerprint density at radius 1 is 1.22 bits per heavy atom. The first kappa shape index (κ1) is 15.1. The van der Waals surface area contributed by atoms with Crippen LogP contribution in [-0.4, -0.2) is 32.7 Å². The summed E-state index contributed by atoms with van der Waals surface area (Å²) < 4.78 is 7.43. The number of hydrogen-bond acceptors (Lipinski definition) is 5. The molecule has 0 saturated heterocycles. The lowest BCUT2D eigenvalue weighted by atomic mass is 10.2. The lowest BCUT2D eigenvalue weighted by Crippen LogP contribution is -1.95. The van der Waals surface area contributed by atoms with Crippen molar-refractivity contribution in [3.63, 3.8) is 0 Å². The molecule has 0 aliphatic rings. The zero-order chi connectivity index (χ0) is 16.1. The summed E-state index contributed by atoms with van der Waals surface area (Å²) in [7, 11) is 0. The second kappa shape index (κ2) is 6.97. The molecule has 2 heterocycles. The molecule has 1 N–H and O–H groups in total. The van der Waals surface area contributed by atoms with Gasteiger partial charge in [-0.05, 0) is 61.1 Å². The summed E-state index contributed by atoms with van der Waals surface area (Å²) in [5.41, 5.74) is 1.83. The fourth-order valence-electron chi connectivity index (χ4n) is 2.03.